The lowest BCUT2D eigenvalue weighted by molar-refractivity contribution is -0.384. The van der Waals surface area contributed by atoms with Gasteiger partial charge in [-0.2, -0.15) is 0 Å². The van der Waals surface area contributed by atoms with Gasteiger partial charge in [0.25, 0.3) is 5.69 Å². The third-order valence-corrected chi connectivity index (χ3v) is 4.78. The van der Waals surface area contributed by atoms with E-state index in [1.165, 1.54) is 6.07 Å². The van der Waals surface area contributed by atoms with Gasteiger partial charge in [0, 0.05) is 28.8 Å². The molecule has 0 aliphatic rings. The molecule has 0 aliphatic heterocycles. The Bertz CT molecular complexity index is 979. The molecule has 0 atom stereocenters. The zero-order chi connectivity index (χ0) is 20.1. The van der Waals surface area contributed by atoms with E-state index in [0.717, 1.165) is 15.7 Å². The Labute approximate surface area is 171 Å². The number of nitro benzene ring substituents is 1. The molecule has 0 unspecified atom stereocenters. The molecule has 3 rings (SSSR count). The second-order valence-electron chi connectivity index (χ2n) is 6.00. The number of hydrogen-bond acceptors (Lipinski definition) is 5. The summed E-state index contributed by atoms with van der Waals surface area (Å²) in [7, 11) is 3.13. The number of hydrogen-bond donors (Lipinski definition) is 0. The van der Waals surface area contributed by atoms with Crippen molar-refractivity contribution in [2.75, 3.05) is 19.1 Å². The predicted molar refractivity (Wildman–Crippen MR) is 113 cm³/mol. The van der Waals surface area contributed by atoms with Gasteiger partial charge in [-0.15, -0.1) is 0 Å². The van der Waals surface area contributed by atoms with Crippen molar-refractivity contribution in [3.63, 3.8) is 0 Å². The molecule has 0 radical (unpaired) electrons. The average Bonchev–Trinajstić information content (AvgIpc) is 2.72. The van der Waals surface area contributed by atoms with Gasteiger partial charge in [0.05, 0.1) is 19.1 Å². The number of halogens is 1. The fourth-order valence-electron chi connectivity index (χ4n) is 2.94. The van der Waals surface area contributed by atoms with E-state index >= 15 is 0 Å². The first-order valence-electron chi connectivity index (χ1n) is 8.51. The maximum atomic E-state index is 11.7. The molecule has 144 valence electrons. The van der Waals surface area contributed by atoms with E-state index in [0.29, 0.717) is 23.7 Å². The van der Waals surface area contributed by atoms with Gasteiger partial charge in [-0.25, -0.2) is 0 Å². The van der Waals surface area contributed by atoms with Gasteiger partial charge < -0.3 is 14.4 Å². The fraction of sp³-hybridized carbons (Fsp3) is 0.143. The van der Waals surface area contributed by atoms with Crippen LogP contribution in [0.3, 0.4) is 0 Å². The van der Waals surface area contributed by atoms with Gasteiger partial charge in [-0.3, -0.25) is 10.1 Å². The maximum absolute atomic E-state index is 11.7. The zero-order valence-electron chi connectivity index (χ0n) is 15.5. The highest BCUT2D eigenvalue weighted by Gasteiger charge is 2.22. The maximum Gasteiger partial charge on any atom is 0.292 e. The van der Waals surface area contributed by atoms with Gasteiger partial charge in [-0.1, -0.05) is 46.3 Å². The number of rotatable bonds is 7. The van der Waals surface area contributed by atoms with E-state index in [4.69, 9.17) is 9.47 Å². The van der Waals surface area contributed by atoms with Gasteiger partial charge >= 0.3 is 0 Å². The van der Waals surface area contributed by atoms with Crippen LogP contribution in [0, 0.1) is 10.1 Å². The number of benzene rings is 3. The van der Waals surface area contributed by atoms with Crippen LogP contribution in [0.25, 0.3) is 0 Å². The van der Waals surface area contributed by atoms with E-state index in [1.807, 2.05) is 47.4 Å². The summed E-state index contributed by atoms with van der Waals surface area (Å²) in [4.78, 5) is 13.2. The van der Waals surface area contributed by atoms with Crippen molar-refractivity contribution in [1.29, 1.82) is 0 Å². The largest absolute Gasteiger partial charge is 0.493 e. The quantitative estimate of drug-likeness (QED) is 0.346. The van der Waals surface area contributed by atoms with Gasteiger partial charge in [-0.05, 0) is 29.8 Å². The Hall–Kier alpha value is -3.06. The second-order valence-corrected chi connectivity index (χ2v) is 6.92. The monoisotopic (exact) mass is 442 g/mol. The van der Waals surface area contributed by atoms with Gasteiger partial charge in [0.2, 0.25) is 0 Å². The first-order valence-corrected chi connectivity index (χ1v) is 9.30. The molecule has 0 spiro atoms. The molecule has 3 aromatic rings. The van der Waals surface area contributed by atoms with Crippen LogP contribution in [0.1, 0.15) is 5.56 Å². The Morgan fingerprint density at radius 3 is 2.32 bits per heavy atom. The summed E-state index contributed by atoms with van der Waals surface area (Å²) < 4.78 is 11.5. The number of nitro groups is 1. The van der Waals surface area contributed by atoms with Crippen LogP contribution in [0.15, 0.2) is 71.2 Å². The Kier molecular flexibility index (Phi) is 6.16. The molecular formula is C21H19BrN2O4. The third kappa shape index (κ3) is 4.26. The topological polar surface area (TPSA) is 64.8 Å². The summed E-state index contributed by atoms with van der Waals surface area (Å²) in [6.45, 7) is 0.452. The van der Waals surface area contributed by atoms with Crippen LogP contribution in [0.2, 0.25) is 0 Å². The van der Waals surface area contributed by atoms with Crippen molar-refractivity contribution in [2.45, 2.75) is 6.54 Å². The minimum atomic E-state index is -0.374. The molecule has 0 aromatic heterocycles. The molecular weight excluding hydrogens is 424 g/mol. The van der Waals surface area contributed by atoms with Gasteiger partial charge in [0.15, 0.2) is 11.5 Å². The molecule has 0 heterocycles. The standard InChI is InChI=1S/C21H19BrN2O4/c1-27-20-11-9-17(13-21(20)28-2)23(14-15-6-4-3-5-7-15)19-12-16(22)8-10-18(19)24(25)26/h3-13H,14H2,1-2H3. The van der Waals surface area contributed by atoms with Crippen LogP contribution in [-0.4, -0.2) is 19.1 Å². The highest BCUT2D eigenvalue weighted by molar-refractivity contribution is 9.10. The van der Waals surface area contributed by atoms with Crippen LogP contribution in [0.4, 0.5) is 17.1 Å². The Morgan fingerprint density at radius 2 is 1.68 bits per heavy atom. The van der Waals surface area contributed by atoms with Crippen molar-refractivity contribution >= 4 is 33.0 Å². The molecule has 3 aromatic carbocycles. The van der Waals surface area contributed by atoms with E-state index in [9.17, 15) is 10.1 Å². The molecule has 0 bridgehead atoms. The number of ether oxygens (including phenoxy) is 2. The lowest BCUT2D eigenvalue weighted by Crippen LogP contribution is -2.18. The average molecular weight is 443 g/mol. The van der Waals surface area contributed by atoms with E-state index in [1.54, 1.807) is 32.4 Å². The summed E-state index contributed by atoms with van der Waals surface area (Å²) in [5.74, 6) is 1.14. The summed E-state index contributed by atoms with van der Waals surface area (Å²) in [5, 5.41) is 11.7. The van der Waals surface area contributed by atoms with Crippen LogP contribution in [0.5, 0.6) is 11.5 Å². The third-order valence-electron chi connectivity index (χ3n) is 4.29. The number of anilines is 2. The van der Waals surface area contributed by atoms with Gasteiger partial charge in [0.1, 0.15) is 5.69 Å². The first kappa shape index (κ1) is 19.7. The fourth-order valence-corrected chi connectivity index (χ4v) is 3.29. The molecule has 28 heavy (non-hydrogen) atoms. The lowest BCUT2D eigenvalue weighted by Gasteiger charge is -2.26. The molecule has 7 heteroatoms. The van der Waals surface area contributed by atoms with Crippen molar-refractivity contribution in [1.82, 2.24) is 0 Å². The minimum absolute atomic E-state index is 0.0221. The molecule has 6 nitrogen and oxygen atoms in total. The molecule has 0 fully saturated rings. The Morgan fingerprint density at radius 1 is 0.964 bits per heavy atom. The molecule has 0 saturated carbocycles. The van der Waals surface area contributed by atoms with Crippen molar-refractivity contribution in [3.05, 3.63) is 86.9 Å². The highest BCUT2D eigenvalue weighted by Crippen LogP contribution is 2.40. The van der Waals surface area contributed by atoms with Crippen molar-refractivity contribution in [2.24, 2.45) is 0 Å². The van der Waals surface area contributed by atoms with Crippen LogP contribution >= 0.6 is 15.9 Å². The van der Waals surface area contributed by atoms with Crippen molar-refractivity contribution in [3.8, 4) is 11.5 Å². The van der Waals surface area contributed by atoms with E-state index in [2.05, 4.69) is 15.9 Å². The molecule has 0 saturated heterocycles. The van der Waals surface area contributed by atoms with Crippen LogP contribution < -0.4 is 14.4 Å². The molecule has 0 aliphatic carbocycles. The lowest BCUT2D eigenvalue weighted by atomic mass is 10.1. The zero-order valence-corrected chi connectivity index (χ0v) is 17.0. The van der Waals surface area contributed by atoms with Crippen molar-refractivity contribution < 1.29 is 14.4 Å². The smallest absolute Gasteiger partial charge is 0.292 e. The Balaban J connectivity index is 2.16. The normalized spacial score (nSPS) is 10.4. The first-order chi connectivity index (χ1) is 13.5. The van der Waals surface area contributed by atoms with Crippen LogP contribution in [-0.2, 0) is 6.54 Å². The van der Waals surface area contributed by atoms with E-state index < -0.39 is 0 Å². The van der Waals surface area contributed by atoms with E-state index in [-0.39, 0.29) is 10.6 Å². The summed E-state index contributed by atoms with van der Waals surface area (Å²) in [5.41, 5.74) is 2.28. The predicted octanol–water partition coefficient (Wildman–Crippen LogP) is 5.71. The summed E-state index contributed by atoms with van der Waals surface area (Å²) in [6, 6.07) is 20.2. The number of methoxy groups -OCH3 is 2. The SMILES string of the molecule is COc1ccc(N(Cc2ccccc2)c2cc(Br)ccc2[N+](=O)[O-])cc1OC. The molecule has 0 amide bonds. The summed E-state index contributed by atoms with van der Waals surface area (Å²) in [6.07, 6.45) is 0. The number of nitrogens with zero attached hydrogens (tertiary/aromatic N) is 2. The highest BCUT2D eigenvalue weighted by atomic mass is 79.9. The summed E-state index contributed by atoms with van der Waals surface area (Å²) >= 11 is 3.43. The minimum Gasteiger partial charge on any atom is -0.493 e. The second kappa shape index (κ2) is 8.75. The molecule has 0 N–H and O–H groups in total.